The molecule has 0 bridgehead atoms. The van der Waals surface area contributed by atoms with Gasteiger partial charge in [0.1, 0.15) is 0 Å². The summed E-state index contributed by atoms with van der Waals surface area (Å²) < 4.78 is 1.02. The second kappa shape index (κ2) is 6.79. The molecule has 0 spiro atoms. The molecular formula is C18H16BrN3O. The van der Waals surface area contributed by atoms with E-state index in [1.807, 2.05) is 55.5 Å². The third-order valence-electron chi connectivity index (χ3n) is 3.59. The molecule has 0 unspecified atom stereocenters. The van der Waals surface area contributed by atoms with Crippen LogP contribution in [0.15, 0.2) is 59.2 Å². The maximum Gasteiger partial charge on any atom is 0.255 e. The highest BCUT2D eigenvalue weighted by molar-refractivity contribution is 9.10. The maximum atomic E-state index is 12.4. The van der Waals surface area contributed by atoms with Crippen LogP contribution in [0.4, 0.5) is 0 Å². The number of hydrogen-bond donors (Lipinski definition) is 2. The van der Waals surface area contributed by atoms with Crippen LogP contribution >= 0.6 is 15.9 Å². The summed E-state index contributed by atoms with van der Waals surface area (Å²) in [6.45, 7) is 2.51. The van der Waals surface area contributed by atoms with E-state index in [2.05, 4.69) is 31.4 Å². The van der Waals surface area contributed by atoms with Gasteiger partial charge in [-0.05, 0) is 24.6 Å². The number of aromatic nitrogens is 2. The molecule has 1 aromatic heterocycles. The summed E-state index contributed by atoms with van der Waals surface area (Å²) in [6.07, 6.45) is 1.56. The number of rotatable bonds is 4. The van der Waals surface area contributed by atoms with Crippen molar-refractivity contribution < 1.29 is 4.79 Å². The second-order valence-electron chi connectivity index (χ2n) is 5.33. The number of halogens is 1. The Bertz CT molecular complexity index is 807. The van der Waals surface area contributed by atoms with Crippen molar-refractivity contribution in [2.45, 2.75) is 13.5 Å². The molecule has 1 heterocycles. The number of nitrogens with zero attached hydrogens (tertiary/aromatic N) is 1. The lowest BCUT2D eigenvalue weighted by molar-refractivity contribution is 0.0951. The first kappa shape index (κ1) is 15.5. The number of carbonyl (C=O) groups excluding carboxylic acids is 1. The highest BCUT2D eigenvalue weighted by Gasteiger charge is 2.14. The van der Waals surface area contributed by atoms with Crippen molar-refractivity contribution in [1.82, 2.24) is 15.5 Å². The van der Waals surface area contributed by atoms with E-state index >= 15 is 0 Å². The fourth-order valence-corrected chi connectivity index (χ4v) is 2.54. The summed E-state index contributed by atoms with van der Waals surface area (Å²) in [4.78, 5) is 12.4. The number of carbonyl (C=O) groups is 1. The molecule has 116 valence electrons. The van der Waals surface area contributed by atoms with Crippen molar-refractivity contribution in [1.29, 1.82) is 0 Å². The first-order chi connectivity index (χ1) is 11.1. The summed E-state index contributed by atoms with van der Waals surface area (Å²) in [5, 5.41) is 9.86. The Morgan fingerprint density at radius 1 is 1.13 bits per heavy atom. The lowest BCUT2D eigenvalue weighted by Gasteiger charge is -2.06. The van der Waals surface area contributed by atoms with Gasteiger partial charge in [0.2, 0.25) is 0 Å². The normalized spacial score (nSPS) is 10.5. The summed E-state index contributed by atoms with van der Waals surface area (Å²) in [5.74, 6) is -0.141. The van der Waals surface area contributed by atoms with E-state index in [0.717, 1.165) is 21.3 Å². The van der Waals surface area contributed by atoms with E-state index in [4.69, 9.17) is 0 Å². The Morgan fingerprint density at radius 3 is 2.52 bits per heavy atom. The lowest BCUT2D eigenvalue weighted by Crippen LogP contribution is -2.22. The second-order valence-corrected chi connectivity index (χ2v) is 6.25. The van der Waals surface area contributed by atoms with Crippen LogP contribution in [0, 0.1) is 6.92 Å². The Morgan fingerprint density at radius 2 is 1.83 bits per heavy atom. The van der Waals surface area contributed by atoms with E-state index in [1.165, 1.54) is 5.56 Å². The minimum absolute atomic E-state index is 0.141. The van der Waals surface area contributed by atoms with Gasteiger partial charge in [0.05, 0.1) is 17.5 Å². The van der Waals surface area contributed by atoms with Gasteiger partial charge < -0.3 is 5.32 Å². The Kier molecular flexibility index (Phi) is 4.57. The third kappa shape index (κ3) is 3.68. The van der Waals surface area contributed by atoms with Crippen LogP contribution in [0.2, 0.25) is 0 Å². The Labute approximate surface area is 143 Å². The van der Waals surface area contributed by atoms with E-state index < -0.39 is 0 Å². The number of benzene rings is 2. The predicted molar refractivity (Wildman–Crippen MR) is 94.1 cm³/mol. The van der Waals surface area contributed by atoms with E-state index in [-0.39, 0.29) is 5.91 Å². The zero-order valence-electron chi connectivity index (χ0n) is 12.6. The van der Waals surface area contributed by atoms with Crippen molar-refractivity contribution in [3.05, 3.63) is 75.9 Å². The average Bonchev–Trinajstić information content (AvgIpc) is 3.04. The van der Waals surface area contributed by atoms with Gasteiger partial charge in [0.15, 0.2) is 0 Å². The Balaban J connectivity index is 1.74. The molecule has 23 heavy (non-hydrogen) atoms. The summed E-state index contributed by atoms with van der Waals surface area (Å²) >= 11 is 3.40. The van der Waals surface area contributed by atoms with E-state index in [9.17, 15) is 4.79 Å². The van der Waals surface area contributed by atoms with Crippen LogP contribution < -0.4 is 5.32 Å². The maximum absolute atomic E-state index is 12.4. The monoisotopic (exact) mass is 369 g/mol. The summed E-state index contributed by atoms with van der Waals surface area (Å²) in [7, 11) is 0. The van der Waals surface area contributed by atoms with Gasteiger partial charge in [-0.25, -0.2) is 0 Å². The molecule has 1 amide bonds. The molecule has 2 N–H and O–H groups in total. The highest BCUT2D eigenvalue weighted by atomic mass is 79.9. The van der Waals surface area contributed by atoms with Gasteiger partial charge in [0, 0.05) is 16.6 Å². The molecule has 0 aliphatic heterocycles. The third-order valence-corrected chi connectivity index (χ3v) is 4.12. The number of amides is 1. The van der Waals surface area contributed by atoms with Crippen LogP contribution in [0.1, 0.15) is 21.5 Å². The number of H-pyrrole nitrogens is 1. The standard InChI is InChI=1S/C18H16BrN3O/c1-12-2-6-14(7-3-12)17-16(11-21-22-17)18(23)20-10-13-4-8-15(19)9-5-13/h2-9,11H,10H2,1H3,(H,20,23)(H,21,22). The molecule has 2 aromatic carbocycles. The van der Waals surface area contributed by atoms with Crippen LogP contribution in [-0.2, 0) is 6.54 Å². The first-order valence-corrected chi connectivity index (χ1v) is 8.06. The van der Waals surface area contributed by atoms with Crippen molar-refractivity contribution >= 4 is 21.8 Å². The molecule has 0 saturated heterocycles. The fraction of sp³-hybridized carbons (Fsp3) is 0.111. The smallest absolute Gasteiger partial charge is 0.255 e. The zero-order chi connectivity index (χ0) is 16.2. The van der Waals surface area contributed by atoms with Crippen LogP contribution in [0.5, 0.6) is 0 Å². The molecule has 0 aliphatic carbocycles. The largest absolute Gasteiger partial charge is 0.348 e. The number of nitrogens with one attached hydrogen (secondary N) is 2. The van der Waals surface area contributed by atoms with Gasteiger partial charge in [-0.2, -0.15) is 5.10 Å². The molecule has 3 rings (SSSR count). The number of hydrogen-bond acceptors (Lipinski definition) is 2. The summed E-state index contributed by atoms with van der Waals surface area (Å²) in [5.41, 5.74) is 4.45. The Hall–Kier alpha value is -2.40. The van der Waals surface area contributed by atoms with Crippen LogP contribution in [-0.4, -0.2) is 16.1 Å². The van der Waals surface area contributed by atoms with Gasteiger partial charge >= 0.3 is 0 Å². The molecule has 0 aliphatic rings. The molecule has 0 saturated carbocycles. The topological polar surface area (TPSA) is 57.8 Å². The minimum atomic E-state index is -0.141. The van der Waals surface area contributed by atoms with Crippen molar-refractivity contribution in [3.8, 4) is 11.3 Å². The van der Waals surface area contributed by atoms with Gasteiger partial charge in [-0.1, -0.05) is 57.9 Å². The van der Waals surface area contributed by atoms with E-state index in [1.54, 1.807) is 6.20 Å². The molecule has 0 atom stereocenters. The molecule has 0 fully saturated rings. The lowest BCUT2D eigenvalue weighted by atomic mass is 10.1. The molecular weight excluding hydrogens is 354 g/mol. The number of aryl methyl sites for hydroxylation is 1. The minimum Gasteiger partial charge on any atom is -0.348 e. The average molecular weight is 370 g/mol. The molecule has 0 radical (unpaired) electrons. The zero-order valence-corrected chi connectivity index (χ0v) is 14.2. The van der Waals surface area contributed by atoms with Gasteiger partial charge in [-0.15, -0.1) is 0 Å². The number of aromatic amines is 1. The van der Waals surface area contributed by atoms with E-state index in [0.29, 0.717) is 12.1 Å². The van der Waals surface area contributed by atoms with Gasteiger partial charge in [-0.3, -0.25) is 9.89 Å². The molecule has 4 nitrogen and oxygen atoms in total. The predicted octanol–water partition coefficient (Wildman–Crippen LogP) is 4.08. The quantitative estimate of drug-likeness (QED) is 0.727. The molecule has 5 heteroatoms. The van der Waals surface area contributed by atoms with Crippen LogP contribution in [0.3, 0.4) is 0 Å². The van der Waals surface area contributed by atoms with Gasteiger partial charge in [0.25, 0.3) is 5.91 Å². The molecule has 3 aromatic rings. The first-order valence-electron chi connectivity index (χ1n) is 7.26. The summed E-state index contributed by atoms with van der Waals surface area (Å²) in [6, 6.07) is 15.8. The highest BCUT2D eigenvalue weighted by Crippen LogP contribution is 2.21. The van der Waals surface area contributed by atoms with Crippen molar-refractivity contribution in [3.63, 3.8) is 0 Å². The van der Waals surface area contributed by atoms with Crippen molar-refractivity contribution in [2.75, 3.05) is 0 Å². The fourth-order valence-electron chi connectivity index (χ4n) is 2.28. The van der Waals surface area contributed by atoms with Crippen LogP contribution in [0.25, 0.3) is 11.3 Å². The SMILES string of the molecule is Cc1ccc(-c2[nH]ncc2C(=O)NCc2ccc(Br)cc2)cc1. The van der Waals surface area contributed by atoms with Crippen molar-refractivity contribution in [2.24, 2.45) is 0 Å².